The van der Waals surface area contributed by atoms with Crippen molar-refractivity contribution in [2.45, 2.75) is 26.7 Å². The molecule has 0 amide bonds. The third-order valence-electron chi connectivity index (χ3n) is 3.28. The van der Waals surface area contributed by atoms with Crippen molar-refractivity contribution >= 4 is 11.5 Å². The van der Waals surface area contributed by atoms with Crippen LogP contribution in [0.15, 0.2) is 42.5 Å². The number of nitrogen functional groups attached to an aromatic ring is 1. The van der Waals surface area contributed by atoms with Gasteiger partial charge in [-0.15, -0.1) is 0 Å². The third kappa shape index (κ3) is 4.49. The average Bonchev–Trinajstić information content (AvgIpc) is 2.57. The van der Waals surface area contributed by atoms with Crippen LogP contribution in [0.3, 0.4) is 0 Å². The fourth-order valence-electron chi connectivity index (χ4n) is 2.17. The molecule has 0 bridgehead atoms. The maximum atomic E-state index is 12.8. The lowest BCUT2D eigenvalue weighted by molar-refractivity contribution is 0.103. The van der Waals surface area contributed by atoms with E-state index in [4.69, 9.17) is 15.2 Å². The molecule has 0 aliphatic carbocycles. The highest BCUT2D eigenvalue weighted by atomic mass is 16.5. The molecule has 0 aromatic heterocycles. The first-order valence-electron chi connectivity index (χ1n) is 7.95. The highest BCUT2D eigenvalue weighted by Gasteiger charge is 2.16. The minimum absolute atomic E-state index is 0.120. The maximum Gasteiger partial charge on any atom is 0.196 e. The zero-order chi connectivity index (χ0) is 16.7. The van der Waals surface area contributed by atoms with Gasteiger partial charge in [-0.05, 0) is 43.2 Å². The minimum Gasteiger partial charge on any atom is -0.494 e. The van der Waals surface area contributed by atoms with Crippen molar-refractivity contribution in [1.29, 1.82) is 0 Å². The summed E-state index contributed by atoms with van der Waals surface area (Å²) in [7, 11) is 0. The van der Waals surface area contributed by atoms with E-state index < -0.39 is 0 Å². The number of hydrogen-bond donors (Lipinski definition) is 1. The molecule has 0 aliphatic rings. The number of ether oxygens (including phenoxy) is 2. The lowest BCUT2D eigenvalue weighted by Crippen LogP contribution is -2.07. The number of carbonyl (C=O) groups is 1. The van der Waals surface area contributed by atoms with Gasteiger partial charge in [0.2, 0.25) is 0 Å². The molecule has 0 unspecified atom stereocenters. The maximum absolute atomic E-state index is 12.8. The summed E-state index contributed by atoms with van der Waals surface area (Å²) in [6, 6.07) is 12.3. The molecule has 0 saturated carbocycles. The van der Waals surface area contributed by atoms with E-state index in [9.17, 15) is 4.79 Å². The molecule has 122 valence electrons. The first-order valence-corrected chi connectivity index (χ1v) is 7.95. The standard InChI is InChI=1S/C19H23NO3/c1-3-10-22-16-8-9-18(23-11-4-2)17(13-16)19(21)14-6-5-7-15(20)12-14/h5-9,12-13H,3-4,10-11,20H2,1-2H3. The van der Waals surface area contributed by atoms with Crippen LogP contribution in [0, 0.1) is 0 Å². The van der Waals surface area contributed by atoms with Gasteiger partial charge < -0.3 is 15.2 Å². The van der Waals surface area contributed by atoms with Crippen LogP contribution < -0.4 is 15.2 Å². The molecule has 4 heteroatoms. The number of benzene rings is 2. The third-order valence-corrected chi connectivity index (χ3v) is 3.28. The van der Waals surface area contributed by atoms with Crippen molar-refractivity contribution in [3.05, 3.63) is 53.6 Å². The number of nitrogens with two attached hydrogens (primary N) is 1. The summed E-state index contributed by atoms with van der Waals surface area (Å²) in [4.78, 5) is 12.8. The number of rotatable bonds is 8. The number of ketones is 1. The highest BCUT2D eigenvalue weighted by molar-refractivity contribution is 6.11. The summed E-state index contributed by atoms with van der Waals surface area (Å²) in [5.41, 5.74) is 7.38. The summed E-state index contributed by atoms with van der Waals surface area (Å²) in [6.07, 6.45) is 1.78. The normalized spacial score (nSPS) is 10.3. The molecule has 2 N–H and O–H groups in total. The molecule has 0 heterocycles. The van der Waals surface area contributed by atoms with Crippen LogP contribution in [-0.2, 0) is 0 Å². The van der Waals surface area contributed by atoms with Crippen molar-refractivity contribution in [1.82, 2.24) is 0 Å². The van der Waals surface area contributed by atoms with Gasteiger partial charge in [0.25, 0.3) is 0 Å². The summed E-state index contributed by atoms with van der Waals surface area (Å²) in [5.74, 6) is 1.12. The Balaban J connectivity index is 2.36. The van der Waals surface area contributed by atoms with Crippen molar-refractivity contribution in [2.24, 2.45) is 0 Å². The summed E-state index contributed by atoms with van der Waals surface area (Å²) >= 11 is 0. The van der Waals surface area contributed by atoms with E-state index >= 15 is 0 Å². The minimum atomic E-state index is -0.120. The van der Waals surface area contributed by atoms with Gasteiger partial charge >= 0.3 is 0 Å². The fourth-order valence-corrected chi connectivity index (χ4v) is 2.17. The highest BCUT2D eigenvalue weighted by Crippen LogP contribution is 2.27. The van der Waals surface area contributed by atoms with E-state index in [-0.39, 0.29) is 5.78 Å². The van der Waals surface area contributed by atoms with Crippen LogP contribution >= 0.6 is 0 Å². The van der Waals surface area contributed by atoms with Gasteiger partial charge in [0.15, 0.2) is 5.78 Å². The van der Waals surface area contributed by atoms with Gasteiger partial charge in [-0.1, -0.05) is 26.0 Å². The van der Waals surface area contributed by atoms with Gasteiger partial charge in [-0.25, -0.2) is 0 Å². The van der Waals surface area contributed by atoms with E-state index in [1.54, 1.807) is 36.4 Å². The molecule has 23 heavy (non-hydrogen) atoms. The van der Waals surface area contributed by atoms with E-state index in [0.29, 0.717) is 41.5 Å². The molecule has 0 saturated heterocycles. The van der Waals surface area contributed by atoms with Gasteiger partial charge in [0.05, 0.1) is 18.8 Å². The topological polar surface area (TPSA) is 61.5 Å². The number of anilines is 1. The fraction of sp³-hybridized carbons (Fsp3) is 0.316. The summed E-state index contributed by atoms with van der Waals surface area (Å²) in [6.45, 7) is 5.24. The molecule has 0 radical (unpaired) electrons. The van der Waals surface area contributed by atoms with E-state index in [2.05, 4.69) is 0 Å². The first kappa shape index (κ1) is 16.9. The van der Waals surface area contributed by atoms with Crippen LogP contribution in [0.5, 0.6) is 11.5 Å². The van der Waals surface area contributed by atoms with E-state index in [1.165, 1.54) is 0 Å². The largest absolute Gasteiger partial charge is 0.494 e. The SMILES string of the molecule is CCCOc1ccc(OCCC)c(C(=O)c2cccc(N)c2)c1. The van der Waals surface area contributed by atoms with Crippen LogP contribution in [-0.4, -0.2) is 19.0 Å². The summed E-state index contributed by atoms with van der Waals surface area (Å²) < 4.78 is 11.3. The second-order valence-electron chi connectivity index (χ2n) is 5.31. The Morgan fingerprint density at radius 2 is 1.74 bits per heavy atom. The Labute approximate surface area is 137 Å². The van der Waals surface area contributed by atoms with Gasteiger partial charge in [-0.2, -0.15) is 0 Å². The molecule has 4 nitrogen and oxygen atoms in total. The molecule has 2 rings (SSSR count). The molecule has 0 spiro atoms. The Morgan fingerprint density at radius 1 is 1.00 bits per heavy atom. The lowest BCUT2D eigenvalue weighted by atomic mass is 10.0. The zero-order valence-electron chi connectivity index (χ0n) is 13.7. The van der Waals surface area contributed by atoms with Crippen LogP contribution in [0.2, 0.25) is 0 Å². The average molecular weight is 313 g/mol. The Bertz CT molecular complexity index is 667. The Hall–Kier alpha value is -2.49. The monoisotopic (exact) mass is 313 g/mol. The molecular weight excluding hydrogens is 290 g/mol. The summed E-state index contributed by atoms with van der Waals surface area (Å²) in [5, 5.41) is 0. The van der Waals surface area contributed by atoms with Crippen molar-refractivity contribution in [3.8, 4) is 11.5 Å². The molecular formula is C19H23NO3. The van der Waals surface area contributed by atoms with Gasteiger partial charge in [0.1, 0.15) is 11.5 Å². The second-order valence-corrected chi connectivity index (χ2v) is 5.31. The van der Waals surface area contributed by atoms with Crippen molar-refractivity contribution in [2.75, 3.05) is 18.9 Å². The second kappa shape index (κ2) is 8.22. The predicted molar refractivity (Wildman–Crippen MR) is 92.3 cm³/mol. The molecule has 0 atom stereocenters. The molecule has 0 aliphatic heterocycles. The van der Waals surface area contributed by atoms with Crippen LogP contribution in [0.1, 0.15) is 42.6 Å². The van der Waals surface area contributed by atoms with Gasteiger partial charge in [0, 0.05) is 11.3 Å². The van der Waals surface area contributed by atoms with E-state index in [1.807, 2.05) is 19.9 Å². The van der Waals surface area contributed by atoms with Crippen molar-refractivity contribution < 1.29 is 14.3 Å². The van der Waals surface area contributed by atoms with Crippen LogP contribution in [0.25, 0.3) is 0 Å². The molecule has 2 aromatic rings. The number of carbonyl (C=O) groups excluding carboxylic acids is 1. The number of hydrogen-bond acceptors (Lipinski definition) is 4. The first-order chi connectivity index (χ1) is 11.2. The Kier molecular flexibility index (Phi) is 6.03. The predicted octanol–water partition coefficient (Wildman–Crippen LogP) is 4.08. The molecule has 0 fully saturated rings. The van der Waals surface area contributed by atoms with Crippen LogP contribution in [0.4, 0.5) is 5.69 Å². The van der Waals surface area contributed by atoms with Gasteiger partial charge in [-0.3, -0.25) is 4.79 Å². The smallest absolute Gasteiger partial charge is 0.196 e. The molecule has 2 aromatic carbocycles. The van der Waals surface area contributed by atoms with E-state index in [0.717, 1.165) is 12.8 Å². The van der Waals surface area contributed by atoms with Crippen molar-refractivity contribution in [3.63, 3.8) is 0 Å². The zero-order valence-corrected chi connectivity index (χ0v) is 13.7. The quantitative estimate of drug-likeness (QED) is 0.589. The lowest BCUT2D eigenvalue weighted by Gasteiger charge is -2.13. The Morgan fingerprint density at radius 3 is 2.43 bits per heavy atom.